The van der Waals surface area contributed by atoms with Gasteiger partial charge in [-0.25, -0.2) is 8.78 Å². The molecule has 0 aliphatic carbocycles. The first-order valence-corrected chi connectivity index (χ1v) is 7.93. The molecule has 116 valence electrons. The highest BCUT2D eigenvalue weighted by atomic mass is 19.1. The normalized spacial score (nSPS) is 26.5. The first-order chi connectivity index (χ1) is 9.97. The van der Waals surface area contributed by atoms with Crippen molar-refractivity contribution in [3.63, 3.8) is 0 Å². The Balaban J connectivity index is 1.96. The van der Waals surface area contributed by atoms with Crippen molar-refractivity contribution < 1.29 is 8.78 Å². The van der Waals surface area contributed by atoms with Gasteiger partial charge in [0.2, 0.25) is 0 Å². The second-order valence-electron chi connectivity index (χ2n) is 6.81. The van der Waals surface area contributed by atoms with Crippen molar-refractivity contribution in [1.82, 2.24) is 4.90 Å². The van der Waals surface area contributed by atoms with Crippen LogP contribution in [0.15, 0.2) is 12.1 Å². The molecular weight excluding hydrogens is 270 g/mol. The number of anilines is 1. The number of hydrogen-bond donors (Lipinski definition) is 0. The van der Waals surface area contributed by atoms with Crippen molar-refractivity contribution in [3.05, 3.63) is 29.3 Å². The number of nitrogens with zero attached hydrogens (tertiary/aromatic N) is 2. The lowest BCUT2D eigenvalue weighted by Crippen LogP contribution is -2.58. The Bertz CT molecular complexity index is 530. The summed E-state index contributed by atoms with van der Waals surface area (Å²) in [6, 6.07) is 3.44. The number of rotatable bonds is 2. The van der Waals surface area contributed by atoms with Gasteiger partial charge in [-0.1, -0.05) is 13.8 Å². The fourth-order valence-corrected chi connectivity index (χ4v) is 3.75. The summed E-state index contributed by atoms with van der Waals surface area (Å²) in [7, 11) is 0. The van der Waals surface area contributed by atoms with Gasteiger partial charge in [-0.2, -0.15) is 0 Å². The van der Waals surface area contributed by atoms with Crippen LogP contribution in [0.5, 0.6) is 0 Å². The van der Waals surface area contributed by atoms with Gasteiger partial charge in [0.05, 0.1) is 5.69 Å². The lowest BCUT2D eigenvalue weighted by atomic mass is 9.96. The van der Waals surface area contributed by atoms with Crippen molar-refractivity contribution in [2.75, 3.05) is 24.5 Å². The maximum Gasteiger partial charge on any atom is 0.146 e. The summed E-state index contributed by atoms with van der Waals surface area (Å²) in [5, 5.41) is 0. The molecule has 3 rings (SSSR count). The second kappa shape index (κ2) is 5.56. The first-order valence-electron chi connectivity index (χ1n) is 7.93. The van der Waals surface area contributed by atoms with Crippen molar-refractivity contribution in [3.8, 4) is 0 Å². The number of aryl methyl sites for hydroxylation is 1. The maximum absolute atomic E-state index is 14.4. The molecule has 2 aliphatic heterocycles. The predicted octanol–water partition coefficient (Wildman–Crippen LogP) is 3.58. The van der Waals surface area contributed by atoms with Crippen molar-refractivity contribution >= 4 is 5.69 Å². The summed E-state index contributed by atoms with van der Waals surface area (Å²) >= 11 is 0. The van der Waals surface area contributed by atoms with E-state index >= 15 is 0 Å². The fraction of sp³-hybridized carbons (Fsp3) is 0.647. The molecule has 2 saturated heterocycles. The van der Waals surface area contributed by atoms with Gasteiger partial charge in [-0.3, -0.25) is 4.90 Å². The maximum atomic E-state index is 14.4. The smallest absolute Gasteiger partial charge is 0.146 e. The minimum Gasteiger partial charge on any atom is -0.363 e. The van der Waals surface area contributed by atoms with Gasteiger partial charge in [-0.15, -0.1) is 0 Å². The van der Waals surface area contributed by atoms with E-state index in [1.807, 2.05) is 0 Å². The topological polar surface area (TPSA) is 6.48 Å². The summed E-state index contributed by atoms with van der Waals surface area (Å²) < 4.78 is 28.3. The third kappa shape index (κ3) is 2.66. The molecule has 2 fully saturated rings. The van der Waals surface area contributed by atoms with E-state index in [2.05, 4.69) is 23.6 Å². The van der Waals surface area contributed by atoms with Gasteiger partial charge in [0.25, 0.3) is 0 Å². The molecule has 0 radical (unpaired) electrons. The molecule has 0 spiro atoms. The molecular formula is C17H24F2N2. The molecule has 1 aromatic rings. The zero-order valence-corrected chi connectivity index (χ0v) is 13.1. The molecule has 4 heteroatoms. The highest BCUT2D eigenvalue weighted by Crippen LogP contribution is 2.33. The van der Waals surface area contributed by atoms with E-state index in [0.29, 0.717) is 23.2 Å². The Kier molecular flexibility index (Phi) is 3.91. The molecule has 1 aromatic carbocycles. The van der Waals surface area contributed by atoms with Gasteiger partial charge in [0, 0.05) is 31.2 Å². The quantitative estimate of drug-likeness (QED) is 0.822. The molecule has 0 amide bonds. The van der Waals surface area contributed by atoms with E-state index in [1.165, 1.54) is 18.6 Å². The number of hydrogen-bond acceptors (Lipinski definition) is 2. The number of piperazine rings is 1. The van der Waals surface area contributed by atoms with Gasteiger partial charge in [0.1, 0.15) is 11.6 Å². The lowest BCUT2D eigenvalue weighted by molar-refractivity contribution is 0.176. The van der Waals surface area contributed by atoms with Crippen LogP contribution >= 0.6 is 0 Å². The molecule has 2 heterocycles. The molecule has 2 aliphatic rings. The van der Waals surface area contributed by atoms with Gasteiger partial charge < -0.3 is 4.90 Å². The lowest BCUT2D eigenvalue weighted by Gasteiger charge is -2.46. The number of benzene rings is 1. The predicted molar refractivity (Wildman–Crippen MR) is 81.7 cm³/mol. The molecule has 2 atom stereocenters. The van der Waals surface area contributed by atoms with Crippen LogP contribution < -0.4 is 4.90 Å². The van der Waals surface area contributed by atoms with Crippen LogP contribution in [-0.2, 0) is 0 Å². The summed E-state index contributed by atoms with van der Waals surface area (Å²) in [5.41, 5.74) is 0.806. The number of halogens is 2. The van der Waals surface area contributed by atoms with Crippen LogP contribution in [0.3, 0.4) is 0 Å². The second-order valence-corrected chi connectivity index (χ2v) is 6.81. The van der Waals surface area contributed by atoms with E-state index in [9.17, 15) is 8.78 Å². The molecule has 2 nitrogen and oxygen atoms in total. The molecule has 0 bridgehead atoms. The summed E-state index contributed by atoms with van der Waals surface area (Å²) in [6.07, 6.45) is 2.38. The van der Waals surface area contributed by atoms with Crippen molar-refractivity contribution in [2.45, 2.75) is 45.7 Å². The Hall–Kier alpha value is -1.16. The van der Waals surface area contributed by atoms with Crippen molar-refractivity contribution in [1.29, 1.82) is 0 Å². The Morgan fingerprint density at radius 2 is 1.90 bits per heavy atom. The molecule has 0 aromatic heterocycles. The van der Waals surface area contributed by atoms with Gasteiger partial charge >= 0.3 is 0 Å². The van der Waals surface area contributed by atoms with E-state index in [4.69, 9.17) is 0 Å². The summed E-state index contributed by atoms with van der Waals surface area (Å²) in [4.78, 5) is 4.62. The highest BCUT2D eigenvalue weighted by molar-refractivity contribution is 5.51. The fourth-order valence-electron chi connectivity index (χ4n) is 3.75. The molecule has 21 heavy (non-hydrogen) atoms. The van der Waals surface area contributed by atoms with Crippen LogP contribution in [0.25, 0.3) is 0 Å². The third-order valence-electron chi connectivity index (χ3n) is 5.04. The van der Waals surface area contributed by atoms with Crippen LogP contribution in [0, 0.1) is 24.5 Å². The van der Waals surface area contributed by atoms with Crippen molar-refractivity contribution in [2.24, 2.45) is 5.92 Å². The van der Waals surface area contributed by atoms with Crippen LogP contribution in [0.2, 0.25) is 0 Å². The van der Waals surface area contributed by atoms with Crippen LogP contribution in [0.1, 0.15) is 32.3 Å². The Morgan fingerprint density at radius 1 is 1.14 bits per heavy atom. The van der Waals surface area contributed by atoms with Crippen LogP contribution in [0.4, 0.5) is 14.5 Å². The van der Waals surface area contributed by atoms with Gasteiger partial charge in [0.15, 0.2) is 0 Å². The minimum atomic E-state index is -0.317. The Morgan fingerprint density at radius 3 is 2.62 bits per heavy atom. The number of fused-ring (bicyclic) bond motifs is 1. The largest absolute Gasteiger partial charge is 0.363 e. The van der Waals surface area contributed by atoms with E-state index in [1.54, 1.807) is 6.92 Å². The SMILES string of the molecule is Cc1cc(F)c(N2CC3CCCN3CC2C(C)C)cc1F. The average molecular weight is 294 g/mol. The molecule has 2 unspecified atom stereocenters. The Labute approximate surface area is 125 Å². The standard InChI is InChI=1S/C17H24F2N2/c1-11(2)17-10-20-6-4-5-13(20)9-21(17)16-8-14(18)12(3)7-15(16)19/h7-8,11,13,17H,4-6,9-10H2,1-3H3. The van der Waals surface area contributed by atoms with E-state index < -0.39 is 0 Å². The summed E-state index contributed by atoms with van der Waals surface area (Å²) in [6.45, 7) is 8.84. The van der Waals surface area contributed by atoms with Gasteiger partial charge in [-0.05, 0) is 43.9 Å². The van der Waals surface area contributed by atoms with E-state index in [-0.39, 0.29) is 17.7 Å². The first kappa shape index (κ1) is 14.8. The van der Waals surface area contributed by atoms with E-state index in [0.717, 1.165) is 26.1 Å². The zero-order valence-electron chi connectivity index (χ0n) is 13.1. The summed E-state index contributed by atoms with van der Waals surface area (Å²) in [5.74, 6) is -0.205. The molecule has 0 N–H and O–H groups in total. The average Bonchev–Trinajstić information content (AvgIpc) is 2.88. The molecule has 0 saturated carbocycles. The zero-order chi connectivity index (χ0) is 15.1. The van der Waals surface area contributed by atoms with Crippen LogP contribution in [-0.4, -0.2) is 36.6 Å². The minimum absolute atomic E-state index is 0.246. The monoisotopic (exact) mass is 294 g/mol. The highest BCUT2D eigenvalue weighted by Gasteiger charge is 2.38. The third-order valence-corrected chi connectivity index (χ3v) is 5.04.